The van der Waals surface area contributed by atoms with Gasteiger partial charge in [0, 0.05) is 13.1 Å². The second kappa shape index (κ2) is 6.88. The number of esters is 1. The third kappa shape index (κ3) is 3.20. The third-order valence-corrected chi connectivity index (χ3v) is 4.67. The van der Waals surface area contributed by atoms with Crippen LogP contribution in [0.15, 0.2) is 11.4 Å². The Morgan fingerprint density at radius 2 is 2.05 bits per heavy atom. The molecule has 0 unspecified atom stereocenters. The normalized spacial score (nSPS) is 16.2. The van der Waals surface area contributed by atoms with Gasteiger partial charge in [0.1, 0.15) is 0 Å². The van der Waals surface area contributed by atoms with Crippen LogP contribution in [0.25, 0.3) is 0 Å². The smallest absolute Gasteiger partial charge is 0.309 e. The van der Waals surface area contributed by atoms with Crippen LogP contribution in [0.1, 0.15) is 41.9 Å². The number of hydrogen-bond donors (Lipinski definition) is 0. The van der Waals surface area contributed by atoms with Crippen LogP contribution >= 0.6 is 11.3 Å². The van der Waals surface area contributed by atoms with E-state index in [0.717, 1.165) is 16.9 Å². The molecule has 2 rings (SSSR count). The van der Waals surface area contributed by atoms with Crippen LogP contribution in [0.5, 0.6) is 0 Å². The Kier molecular flexibility index (Phi) is 5.17. The molecule has 4 nitrogen and oxygen atoms in total. The first-order valence-electron chi connectivity index (χ1n) is 7.19. The Morgan fingerprint density at radius 3 is 2.65 bits per heavy atom. The van der Waals surface area contributed by atoms with E-state index in [-0.39, 0.29) is 17.8 Å². The van der Waals surface area contributed by atoms with Crippen molar-refractivity contribution >= 4 is 23.2 Å². The summed E-state index contributed by atoms with van der Waals surface area (Å²) in [5.74, 6) is -0.0582. The standard InChI is InChI=1S/C15H21NO3S/c1-3-11-7-10-20-13(11)14(17)16-8-5-12(6-9-16)15(18)19-4-2/h7,10,12H,3-6,8-9H2,1-2H3. The Hall–Kier alpha value is -1.36. The molecule has 1 fully saturated rings. The van der Waals surface area contributed by atoms with Crippen LogP contribution in [0.4, 0.5) is 0 Å². The maximum Gasteiger partial charge on any atom is 0.309 e. The highest BCUT2D eigenvalue weighted by Gasteiger charge is 2.29. The lowest BCUT2D eigenvalue weighted by atomic mass is 9.97. The van der Waals surface area contributed by atoms with E-state index in [4.69, 9.17) is 4.74 Å². The van der Waals surface area contributed by atoms with Gasteiger partial charge in [0.2, 0.25) is 0 Å². The number of hydrogen-bond acceptors (Lipinski definition) is 4. The van der Waals surface area contributed by atoms with Crippen molar-refractivity contribution in [3.8, 4) is 0 Å². The van der Waals surface area contributed by atoms with E-state index in [2.05, 4.69) is 6.92 Å². The molecule has 1 saturated heterocycles. The number of thiophene rings is 1. The highest BCUT2D eigenvalue weighted by atomic mass is 32.1. The quantitative estimate of drug-likeness (QED) is 0.802. The largest absolute Gasteiger partial charge is 0.466 e. The van der Waals surface area contributed by atoms with Gasteiger partial charge < -0.3 is 9.64 Å². The number of rotatable bonds is 4. The van der Waals surface area contributed by atoms with Gasteiger partial charge in [-0.15, -0.1) is 11.3 Å². The highest BCUT2D eigenvalue weighted by molar-refractivity contribution is 7.12. The van der Waals surface area contributed by atoms with Crippen LogP contribution in [-0.4, -0.2) is 36.5 Å². The minimum absolute atomic E-state index is 0.0482. The van der Waals surface area contributed by atoms with Gasteiger partial charge in [-0.2, -0.15) is 0 Å². The van der Waals surface area contributed by atoms with Crippen molar-refractivity contribution in [1.82, 2.24) is 4.90 Å². The number of nitrogens with zero attached hydrogens (tertiary/aromatic N) is 1. The van der Waals surface area contributed by atoms with Crippen LogP contribution in [0.3, 0.4) is 0 Å². The van der Waals surface area contributed by atoms with E-state index >= 15 is 0 Å². The summed E-state index contributed by atoms with van der Waals surface area (Å²) in [7, 11) is 0. The van der Waals surface area contributed by atoms with E-state index < -0.39 is 0 Å². The van der Waals surface area contributed by atoms with E-state index in [9.17, 15) is 9.59 Å². The summed E-state index contributed by atoms with van der Waals surface area (Å²) in [6, 6.07) is 2.02. The zero-order chi connectivity index (χ0) is 14.5. The SMILES string of the molecule is CCOC(=O)C1CCN(C(=O)c2sccc2CC)CC1. The molecule has 1 aromatic heterocycles. The van der Waals surface area contributed by atoms with Crippen molar-refractivity contribution < 1.29 is 14.3 Å². The van der Waals surface area contributed by atoms with Gasteiger partial charge in [-0.3, -0.25) is 9.59 Å². The monoisotopic (exact) mass is 295 g/mol. The first-order valence-corrected chi connectivity index (χ1v) is 8.07. The Labute approximate surface area is 123 Å². The van der Waals surface area contributed by atoms with Gasteiger partial charge in [0.25, 0.3) is 5.91 Å². The zero-order valence-corrected chi connectivity index (χ0v) is 12.9. The summed E-state index contributed by atoms with van der Waals surface area (Å²) in [6.07, 6.45) is 2.29. The third-order valence-electron chi connectivity index (χ3n) is 3.72. The number of ether oxygens (including phenoxy) is 1. The van der Waals surface area contributed by atoms with Crippen molar-refractivity contribution in [1.29, 1.82) is 0 Å². The maximum absolute atomic E-state index is 12.5. The van der Waals surface area contributed by atoms with E-state index in [1.54, 1.807) is 0 Å². The minimum Gasteiger partial charge on any atom is -0.466 e. The molecular weight excluding hydrogens is 274 g/mol. The molecule has 0 N–H and O–H groups in total. The molecule has 20 heavy (non-hydrogen) atoms. The van der Waals surface area contributed by atoms with Crippen molar-refractivity contribution in [3.63, 3.8) is 0 Å². The summed E-state index contributed by atoms with van der Waals surface area (Å²) in [4.78, 5) is 26.9. The summed E-state index contributed by atoms with van der Waals surface area (Å²) in [5, 5.41) is 1.97. The molecule has 0 bridgehead atoms. The average molecular weight is 295 g/mol. The topological polar surface area (TPSA) is 46.6 Å². The fraction of sp³-hybridized carbons (Fsp3) is 0.600. The number of likely N-dealkylation sites (tertiary alicyclic amines) is 1. The fourth-order valence-electron chi connectivity index (χ4n) is 2.52. The number of carbonyl (C=O) groups excluding carboxylic acids is 2. The first-order chi connectivity index (χ1) is 9.67. The van der Waals surface area contributed by atoms with Gasteiger partial charge in [0.15, 0.2) is 0 Å². The van der Waals surface area contributed by atoms with E-state index in [1.165, 1.54) is 11.3 Å². The van der Waals surface area contributed by atoms with Gasteiger partial charge in [-0.05, 0) is 43.2 Å². The molecule has 110 valence electrons. The van der Waals surface area contributed by atoms with Gasteiger partial charge in [-0.25, -0.2) is 0 Å². The first kappa shape index (κ1) is 15.0. The lowest BCUT2D eigenvalue weighted by Gasteiger charge is -2.30. The van der Waals surface area contributed by atoms with E-state index in [0.29, 0.717) is 32.5 Å². The van der Waals surface area contributed by atoms with Crippen molar-refractivity contribution in [3.05, 3.63) is 21.9 Å². The molecule has 2 heterocycles. The predicted octanol–water partition coefficient (Wildman–Crippen LogP) is 2.73. The lowest BCUT2D eigenvalue weighted by Crippen LogP contribution is -2.40. The Balaban J connectivity index is 1.94. The van der Waals surface area contributed by atoms with Crippen LogP contribution < -0.4 is 0 Å². The number of amides is 1. The Morgan fingerprint density at radius 1 is 1.35 bits per heavy atom. The van der Waals surface area contributed by atoms with Crippen LogP contribution in [0, 0.1) is 5.92 Å². The molecule has 1 aliphatic rings. The van der Waals surface area contributed by atoms with Crippen LogP contribution in [-0.2, 0) is 16.0 Å². The van der Waals surface area contributed by atoms with Gasteiger partial charge >= 0.3 is 5.97 Å². The molecule has 1 aromatic rings. The zero-order valence-electron chi connectivity index (χ0n) is 12.1. The Bertz CT molecular complexity index is 475. The fourth-order valence-corrected chi connectivity index (χ4v) is 3.49. The van der Waals surface area contributed by atoms with Gasteiger partial charge in [-0.1, -0.05) is 6.92 Å². The highest BCUT2D eigenvalue weighted by Crippen LogP contribution is 2.24. The molecule has 1 aliphatic heterocycles. The molecule has 1 amide bonds. The van der Waals surface area contributed by atoms with Crippen molar-refractivity contribution in [2.75, 3.05) is 19.7 Å². The molecule has 0 atom stereocenters. The maximum atomic E-state index is 12.5. The van der Waals surface area contributed by atoms with Crippen molar-refractivity contribution in [2.24, 2.45) is 5.92 Å². The summed E-state index contributed by atoms with van der Waals surface area (Å²) < 4.78 is 5.05. The summed E-state index contributed by atoms with van der Waals surface area (Å²) in [6.45, 7) is 5.59. The molecule has 5 heteroatoms. The molecule has 0 spiro atoms. The van der Waals surface area contributed by atoms with Gasteiger partial charge in [0.05, 0.1) is 17.4 Å². The summed E-state index contributed by atoms with van der Waals surface area (Å²) in [5.41, 5.74) is 1.12. The second-order valence-corrected chi connectivity index (χ2v) is 5.86. The lowest BCUT2D eigenvalue weighted by molar-refractivity contribution is -0.149. The summed E-state index contributed by atoms with van der Waals surface area (Å²) >= 11 is 1.51. The molecular formula is C15H21NO3S. The molecule has 0 saturated carbocycles. The molecule has 0 aliphatic carbocycles. The van der Waals surface area contributed by atoms with Crippen LogP contribution in [0.2, 0.25) is 0 Å². The number of carbonyl (C=O) groups is 2. The average Bonchev–Trinajstić information content (AvgIpc) is 2.95. The second-order valence-electron chi connectivity index (χ2n) is 4.95. The molecule has 0 radical (unpaired) electrons. The van der Waals surface area contributed by atoms with Crippen molar-refractivity contribution in [2.45, 2.75) is 33.1 Å². The minimum atomic E-state index is -0.120. The van der Waals surface area contributed by atoms with E-state index in [1.807, 2.05) is 23.3 Å². The number of aryl methyl sites for hydroxylation is 1. The molecule has 0 aromatic carbocycles. The number of piperidine rings is 1. The predicted molar refractivity (Wildman–Crippen MR) is 79.0 cm³/mol.